The third-order valence-electron chi connectivity index (χ3n) is 7.92. The van der Waals surface area contributed by atoms with Crippen LogP contribution in [0.5, 0.6) is 5.75 Å². The second-order valence-electron chi connectivity index (χ2n) is 11.3. The number of hydrogen-bond acceptors (Lipinski definition) is 6. The molecule has 3 N–H and O–H groups in total. The second kappa shape index (κ2) is 14.5. The van der Waals surface area contributed by atoms with Crippen LogP contribution in [0.2, 0.25) is 0 Å². The molecule has 2 atom stereocenters. The first-order chi connectivity index (χ1) is 20.1. The summed E-state index contributed by atoms with van der Waals surface area (Å²) in [5.74, 6) is 2.05. The number of nitrogens with zero attached hydrogens (tertiary/aromatic N) is 1. The maximum absolute atomic E-state index is 14.6. The first-order valence-electron chi connectivity index (χ1n) is 14.8. The van der Waals surface area contributed by atoms with Crippen LogP contribution in [0, 0.1) is 18.2 Å². The van der Waals surface area contributed by atoms with Crippen molar-refractivity contribution < 1.29 is 27.4 Å². The molecule has 0 spiro atoms. The van der Waals surface area contributed by atoms with E-state index in [1.165, 1.54) is 16.4 Å². The number of carbonyl (C=O) groups is 1. The van der Waals surface area contributed by atoms with Crippen molar-refractivity contribution >= 4 is 15.9 Å². The molecule has 8 nitrogen and oxygen atoms in total. The summed E-state index contributed by atoms with van der Waals surface area (Å²) in [5.41, 5.74) is 2.12. The van der Waals surface area contributed by atoms with Gasteiger partial charge in [-0.25, -0.2) is 17.1 Å². The highest BCUT2D eigenvalue weighted by atomic mass is 32.2. The molecule has 0 radical (unpaired) electrons. The molecule has 1 heterocycles. The summed E-state index contributed by atoms with van der Waals surface area (Å²) in [6.07, 6.45) is 8.60. The third kappa shape index (κ3) is 8.77. The van der Waals surface area contributed by atoms with E-state index in [-0.39, 0.29) is 43.0 Å². The van der Waals surface area contributed by atoms with Gasteiger partial charge in [0.05, 0.1) is 24.5 Å². The van der Waals surface area contributed by atoms with Crippen LogP contribution < -0.4 is 15.4 Å². The van der Waals surface area contributed by atoms with Gasteiger partial charge in [-0.15, -0.1) is 6.42 Å². The van der Waals surface area contributed by atoms with Gasteiger partial charge < -0.3 is 20.5 Å². The van der Waals surface area contributed by atoms with Gasteiger partial charge in [0.2, 0.25) is 15.9 Å². The van der Waals surface area contributed by atoms with Crippen molar-refractivity contribution in [1.29, 1.82) is 0 Å². The lowest BCUT2D eigenvalue weighted by Crippen LogP contribution is -2.50. The number of terminal acetylenes is 1. The van der Waals surface area contributed by atoms with Gasteiger partial charge in [0.15, 0.2) is 0 Å². The van der Waals surface area contributed by atoms with Gasteiger partial charge in [-0.2, -0.15) is 0 Å². The van der Waals surface area contributed by atoms with E-state index in [1.807, 2.05) is 31.2 Å². The summed E-state index contributed by atoms with van der Waals surface area (Å²) >= 11 is 0. The predicted molar refractivity (Wildman–Crippen MR) is 161 cm³/mol. The Morgan fingerprint density at radius 2 is 2.05 bits per heavy atom. The molecule has 4 rings (SSSR count). The van der Waals surface area contributed by atoms with Crippen LogP contribution in [0.3, 0.4) is 0 Å². The van der Waals surface area contributed by atoms with Crippen molar-refractivity contribution in [2.24, 2.45) is 0 Å². The average molecular weight is 600 g/mol. The van der Waals surface area contributed by atoms with E-state index in [0.717, 1.165) is 24.0 Å². The number of hydrogen-bond donors (Lipinski definition) is 3. The summed E-state index contributed by atoms with van der Waals surface area (Å²) < 4.78 is 47.8. The van der Waals surface area contributed by atoms with Gasteiger partial charge >= 0.3 is 0 Å². The minimum atomic E-state index is -3.52. The molecule has 0 saturated heterocycles. The first kappa shape index (κ1) is 32.0. The number of sulfonamides is 1. The van der Waals surface area contributed by atoms with Crippen molar-refractivity contribution in [3.63, 3.8) is 0 Å². The Balaban J connectivity index is 1.51. The Labute approximate surface area is 249 Å². The van der Waals surface area contributed by atoms with Crippen molar-refractivity contribution in [2.75, 3.05) is 32.0 Å². The van der Waals surface area contributed by atoms with E-state index in [0.29, 0.717) is 50.3 Å². The smallest absolute Gasteiger partial charge is 0.220 e. The molecule has 1 saturated carbocycles. The van der Waals surface area contributed by atoms with Gasteiger partial charge in [-0.3, -0.25) is 4.79 Å². The Bertz CT molecular complexity index is 1370. The molecule has 2 aliphatic rings. The zero-order valence-corrected chi connectivity index (χ0v) is 25.1. The van der Waals surface area contributed by atoms with Gasteiger partial charge in [0, 0.05) is 43.2 Å². The first-order valence-corrected chi connectivity index (χ1v) is 16.4. The van der Waals surface area contributed by atoms with E-state index >= 15 is 0 Å². The van der Waals surface area contributed by atoms with Gasteiger partial charge in [-0.05, 0) is 80.3 Å². The molecular weight excluding hydrogens is 557 g/mol. The zero-order chi connectivity index (χ0) is 30.2. The quantitative estimate of drug-likeness (QED) is 0.421. The van der Waals surface area contributed by atoms with E-state index in [2.05, 4.69) is 16.6 Å². The summed E-state index contributed by atoms with van der Waals surface area (Å²) in [4.78, 5) is 13.0. The molecule has 2 aromatic carbocycles. The molecule has 1 fully saturated rings. The molecule has 2 aromatic rings. The van der Waals surface area contributed by atoms with Gasteiger partial charge in [0.25, 0.3) is 0 Å². The second-order valence-corrected chi connectivity index (χ2v) is 13.4. The predicted octanol–water partition coefficient (Wildman–Crippen LogP) is 3.47. The number of benzene rings is 2. The highest BCUT2D eigenvalue weighted by Gasteiger charge is 2.44. The van der Waals surface area contributed by atoms with Crippen molar-refractivity contribution in [2.45, 2.75) is 76.0 Å². The Hall–Kier alpha value is -2.97. The summed E-state index contributed by atoms with van der Waals surface area (Å²) in [6, 6.07) is 11.4. The summed E-state index contributed by atoms with van der Waals surface area (Å²) in [5, 5.41) is 17.7. The lowest BCUT2D eigenvalue weighted by atomic mass is 9.98. The maximum atomic E-state index is 14.6. The van der Waals surface area contributed by atoms with Crippen molar-refractivity contribution in [3.8, 4) is 18.1 Å². The van der Waals surface area contributed by atoms with Crippen LogP contribution in [0.25, 0.3) is 0 Å². The van der Waals surface area contributed by atoms with Crippen LogP contribution in [0.15, 0.2) is 42.5 Å². The third-order valence-corrected chi connectivity index (χ3v) is 9.88. The lowest BCUT2D eigenvalue weighted by molar-refractivity contribution is -0.122. The monoisotopic (exact) mass is 599 g/mol. The molecule has 228 valence electrons. The van der Waals surface area contributed by atoms with Gasteiger partial charge in [0.1, 0.15) is 11.6 Å². The highest BCUT2D eigenvalue weighted by molar-refractivity contribution is 7.89. The number of aliphatic hydroxyl groups is 1. The molecule has 42 heavy (non-hydrogen) atoms. The number of nitrogens with one attached hydrogen (secondary N) is 2. The Morgan fingerprint density at radius 3 is 2.79 bits per heavy atom. The average Bonchev–Trinajstić information content (AvgIpc) is 3.75. The fourth-order valence-corrected chi connectivity index (χ4v) is 7.08. The molecule has 1 amide bonds. The zero-order valence-electron chi connectivity index (χ0n) is 24.3. The summed E-state index contributed by atoms with van der Waals surface area (Å²) in [7, 11) is -3.52. The van der Waals surface area contributed by atoms with E-state index in [9.17, 15) is 22.7 Å². The minimum Gasteiger partial charge on any atom is -0.493 e. The molecule has 2 unspecified atom stereocenters. The highest BCUT2D eigenvalue weighted by Crippen LogP contribution is 2.45. The molecular formula is C32H42FN3O5S. The molecule has 2 bridgehead atoms. The van der Waals surface area contributed by atoms with E-state index in [1.54, 1.807) is 6.07 Å². The van der Waals surface area contributed by atoms with Crippen LogP contribution in [-0.2, 0) is 26.8 Å². The van der Waals surface area contributed by atoms with E-state index < -0.39 is 28.0 Å². The standard InChI is InChI=1S/C32H42FN3O5S/c1-3-14-36-15-5-6-16-41-28-20-25(19-27(33)22-28)21-29(35-31(38)11-8-17-42(36,39)40)30(37)23-34-32(12-13-32)26-10-7-9-24(4-2)18-26/h2,7,9-10,18-20,22,29-30,34,37H,3,5-6,8,11-17,21,23H2,1H3,(H,35,38). The SMILES string of the molecule is C#Cc1cccc(C2(NCC(O)C3Cc4cc(F)cc(c4)OCCCCN(CCC)S(=O)(=O)CCCC(=O)N3)CC2)c1. The fraction of sp³-hybridized carbons (Fsp3) is 0.531. The van der Waals surface area contributed by atoms with Gasteiger partial charge in [-0.1, -0.05) is 25.0 Å². The molecule has 10 heteroatoms. The van der Waals surface area contributed by atoms with Crippen molar-refractivity contribution in [1.82, 2.24) is 14.9 Å². The number of ether oxygens (including phenoxy) is 1. The number of halogens is 1. The Morgan fingerprint density at radius 1 is 1.24 bits per heavy atom. The largest absolute Gasteiger partial charge is 0.493 e. The maximum Gasteiger partial charge on any atom is 0.220 e. The van der Waals surface area contributed by atoms with Crippen LogP contribution in [0.4, 0.5) is 4.39 Å². The fourth-order valence-electron chi connectivity index (χ4n) is 5.44. The summed E-state index contributed by atoms with van der Waals surface area (Å²) in [6.45, 7) is 3.22. The van der Waals surface area contributed by atoms with Crippen LogP contribution in [-0.4, -0.2) is 67.9 Å². The number of aliphatic hydroxyl groups excluding tert-OH is 1. The Kier molecular flexibility index (Phi) is 11.0. The number of carbonyl (C=O) groups excluding carboxylic acids is 1. The molecule has 1 aliphatic heterocycles. The normalized spacial score (nSPS) is 22.1. The van der Waals surface area contributed by atoms with Crippen LogP contribution in [0.1, 0.15) is 68.6 Å². The number of rotatable bonds is 7. The minimum absolute atomic E-state index is 0.00380. The topological polar surface area (TPSA) is 108 Å². The molecule has 0 aromatic heterocycles. The van der Waals surface area contributed by atoms with Crippen molar-refractivity contribution in [3.05, 3.63) is 65.0 Å². The molecule has 1 aliphatic carbocycles. The number of fused-ring (bicyclic) bond motifs is 2. The van der Waals surface area contributed by atoms with Crippen LogP contribution >= 0.6 is 0 Å². The van der Waals surface area contributed by atoms with E-state index in [4.69, 9.17) is 11.2 Å². The number of amides is 1. The lowest BCUT2D eigenvalue weighted by Gasteiger charge is -2.27.